The Morgan fingerprint density at radius 1 is 1.19 bits per heavy atom. The molecule has 0 saturated heterocycles. The lowest BCUT2D eigenvalue weighted by molar-refractivity contribution is -0.142. The van der Waals surface area contributed by atoms with Gasteiger partial charge in [-0.15, -0.1) is 0 Å². The van der Waals surface area contributed by atoms with Crippen molar-refractivity contribution < 1.29 is 14.3 Å². The van der Waals surface area contributed by atoms with Gasteiger partial charge in [-0.2, -0.15) is 0 Å². The number of methoxy groups -OCH3 is 1. The number of rotatable bonds is 4. The topological polar surface area (TPSA) is 69.9 Å². The molecule has 7 heteroatoms. The molecule has 0 saturated carbocycles. The first-order chi connectivity index (χ1) is 12.7. The van der Waals surface area contributed by atoms with Crippen molar-refractivity contribution in [3.8, 4) is 5.75 Å². The molecule has 0 aliphatic heterocycles. The Hall–Kier alpha value is -3.19. The van der Waals surface area contributed by atoms with Crippen LogP contribution in [0.5, 0.6) is 5.75 Å². The van der Waals surface area contributed by atoms with Crippen molar-refractivity contribution in [1.29, 1.82) is 0 Å². The molecule has 4 rings (SSSR count). The smallest absolute Gasteiger partial charge is 0.343 e. The van der Waals surface area contributed by atoms with E-state index >= 15 is 0 Å². The van der Waals surface area contributed by atoms with Crippen LogP contribution in [-0.2, 0) is 9.53 Å². The predicted octanol–water partition coefficient (Wildman–Crippen LogP) is 2.01. The molecule has 4 aromatic rings. The number of hydrogen-bond acceptors (Lipinski definition) is 6. The normalized spacial score (nSPS) is 12.0. The highest BCUT2D eigenvalue weighted by molar-refractivity contribution is 7.15. The molecule has 0 aliphatic rings. The molecule has 6 nitrogen and oxygen atoms in total. The summed E-state index contributed by atoms with van der Waals surface area (Å²) in [7, 11) is 1.31. The number of fused-ring (bicyclic) bond motifs is 3. The van der Waals surface area contributed by atoms with Crippen LogP contribution in [-0.4, -0.2) is 29.1 Å². The number of nitrogens with zero attached hydrogens (tertiary/aromatic N) is 2. The minimum Gasteiger partial charge on any atom is -0.482 e. The first-order valence-electron chi connectivity index (χ1n) is 7.87. The average Bonchev–Trinajstić information content (AvgIpc) is 3.17. The minimum atomic E-state index is -0.439. The summed E-state index contributed by atoms with van der Waals surface area (Å²) < 4.78 is 12.1. The van der Waals surface area contributed by atoms with Crippen LogP contribution in [0.2, 0.25) is 0 Å². The number of benzene rings is 2. The first-order valence-corrected chi connectivity index (χ1v) is 8.69. The SMILES string of the molecule is COC(=O)COc1ccc(/C=c2\sc3nc4ccccc4n3c2=O)cc1. The van der Waals surface area contributed by atoms with E-state index in [1.54, 1.807) is 16.5 Å². The number of para-hydroxylation sites is 2. The van der Waals surface area contributed by atoms with Crippen LogP contribution in [0.15, 0.2) is 53.3 Å². The van der Waals surface area contributed by atoms with Gasteiger partial charge in [0.2, 0.25) is 0 Å². The molecule has 0 atom stereocenters. The third-order valence-electron chi connectivity index (χ3n) is 3.91. The summed E-state index contributed by atoms with van der Waals surface area (Å²) in [6, 6.07) is 14.7. The van der Waals surface area contributed by atoms with Gasteiger partial charge in [-0.05, 0) is 35.9 Å². The highest BCUT2D eigenvalue weighted by Crippen LogP contribution is 2.16. The fourth-order valence-corrected chi connectivity index (χ4v) is 3.61. The molecular weight excluding hydrogens is 352 g/mol. The molecule has 130 valence electrons. The molecule has 2 aromatic carbocycles. The van der Waals surface area contributed by atoms with Crippen LogP contribution in [0, 0.1) is 0 Å². The van der Waals surface area contributed by atoms with Gasteiger partial charge in [0.15, 0.2) is 11.6 Å². The van der Waals surface area contributed by atoms with Gasteiger partial charge in [0, 0.05) is 0 Å². The van der Waals surface area contributed by atoms with Crippen LogP contribution in [0.1, 0.15) is 5.56 Å². The minimum absolute atomic E-state index is 0.0790. The van der Waals surface area contributed by atoms with Crippen LogP contribution in [0.25, 0.3) is 22.1 Å². The molecule has 0 radical (unpaired) electrons. The van der Waals surface area contributed by atoms with E-state index in [4.69, 9.17) is 4.74 Å². The highest BCUT2D eigenvalue weighted by atomic mass is 32.1. The van der Waals surface area contributed by atoms with E-state index in [1.165, 1.54) is 18.4 Å². The number of hydrogen-bond donors (Lipinski definition) is 0. The molecular formula is C19H14N2O4S. The second kappa shape index (κ2) is 6.61. The fourth-order valence-electron chi connectivity index (χ4n) is 2.62. The molecule has 0 aliphatic carbocycles. The summed E-state index contributed by atoms with van der Waals surface area (Å²) in [5.41, 5.74) is 2.41. The van der Waals surface area contributed by atoms with Crippen molar-refractivity contribution in [2.24, 2.45) is 0 Å². The number of imidazole rings is 1. The maximum absolute atomic E-state index is 12.7. The summed E-state index contributed by atoms with van der Waals surface area (Å²) in [5, 5.41) is 0. The summed E-state index contributed by atoms with van der Waals surface area (Å²) >= 11 is 1.36. The van der Waals surface area contributed by atoms with E-state index < -0.39 is 5.97 Å². The summed E-state index contributed by atoms with van der Waals surface area (Å²) in [5.74, 6) is 0.118. The van der Waals surface area contributed by atoms with Crippen molar-refractivity contribution in [3.63, 3.8) is 0 Å². The van der Waals surface area contributed by atoms with E-state index in [1.807, 2.05) is 42.5 Å². The Balaban J connectivity index is 1.67. The Morgan fingerprint density at radius 3 is 2.73 bits per heavy atom. The largest absolute Gasteiger partial charge is 0.482 e. The Labute approximate surface area is 151 Å². The van der Waals surface area contributed by atoms with E-state index in [9.17, 15) is 9.59 Å². The van der Waals surface area contributed by atoms with Crippen molar-refractivity contribution in [3.05, 3.63) is 69.0 Å². The van der Waals surface area contributed by atoms with Gasteiger partial charge >= 0.3 is 5.97 Å². The Kier molecular flexibility index (Phi) is 4.14. The summed E-state index contributed by atoms with van der Waals surface area (Å²) in [6.45, 7) is -0.139. The third-order valence-corrected chi connectivity index (χ3v) is 4.88. The molecule has 2 aromatic heterocycles. The van der Waals surface area contributed by atoms with Gasteiger partial charge in [-0.3, -0.25) is 4.79 Å². The number of carbonyl (C=O) groups is 1. The molecule has 0 fully saturated rings. The molecule has 0 amide bonds. The zero-order valence-corrected chi connectivity index (χ0v) is 14.7. The average molecular weight is 366 g/mol. The maximum atomic E-state index is 12.7. The van der Waals surface area contributed by atoms with Gasteiger partial charge < -0.3 is 9.47 Å². The van der Waals surface area contributed by atoms with Crippen molar-refractivity contribution in [1.82, 2.24) is 9.38 Å². The number of ether oxygens (including phenoxy) is 2. The molecule has 26 heavy (non-hydrogen) atoms. The molecule has 0 unspecified atom stereocenters. The summed E-state index contributed by atoms with van der Waals surface area (Å²) in [6.07, 6.45) is 1.82. The second-order valence-electron chi connectivity index (χ2n) is 5.57. The van der Waals surface area contributed by atoms with Crippen LogP contribution >= 0.6 is 11.3 Å². The fraction of sp³-hybridized carbons (Fsp3) is 0.105. The van der Waals surface area contributed by atoms with Gasteiger partial charge in [-0.25, -0.2) is 14.2 Å². The van der Waals surface area contributed by atoms with Crippen LogP contribution in [0.4, 0.5) is 0 Å². The predicted molar refractivity (Wildman–Crippen MR) is 99.6 cm³/mol. The van der Waals surface area contributed by atoms with Gasteiger partial charge in [0.25, 0.3) is 5.56 Å². The van der Waals surface area contributed by atoms with Gasteiger partial charge in [0.05, 0.1) is 22.7 Å². The van der Waals surface area contributed by atoms with Crippen LogP contribution < -0.4 is 14.8 Å². The monoisotopic (exact) mass is 366 g/mol. The number of esters is 1. The molecule has 0 N–H and O–H groups in total. The number of aromatic nitrogens is 2. The Morgan fingerprint density at radius 2 is 1.96 bits per heavy atom. The van der Waals surface area contributed by atoms with Gasteiger partial charge in [0.1, 0.15) is 5.75 Å². The van der Waals surface area contributed by atoms with E-state index in [0.717, 1.165) is 16.6 Å². The lowest BCUT2D eigenvalue weighted by atomic mass is 10.2. The van der Waals surface area contributed by atoms with Crippen molar-refractivity contribution >= 4 is 39.4 Å². The number of carbonyl (C=O) groups excluding carboxylic acids is 1. The van der Waals surface area contributed by atoms with E-state index in [-0.39, 0.29) is 12.2 Å². The lowest BCUT2D eigenvalue weighted by Crippen LogP contribution is -2.22. The lowest BCUT2D eigenvalue weighted by Gasteiger charge is -2.04. The molecule has 2 heterocycles. The zero-order valence-electron chi connectivity index (χ0n) is 13.8. The first kappa shape index (κ1) is 16.3. The molecule has 0 spiro atoms. The maximum Gasteiger partial charge on any atom is 0.343 e. The Bertz CT molecular complexity index is 1210. The van der Waals surface area contributed by atoms with Crippen molar-refractivity contribution in [2.45, 2.75) is 0 Å². The standard InChI is InChI=1S/C19H14N2O4S/c1-24-17(22)11-25-13-8-6-12(7-9-13)10-16-18(23)21-15-5-3-2-4-14(15)20-19(21)26-16/h2-10H,11H2,1H3/b16-10-. The number of thiazole rings is 1. The second-order valence-corrected chi connectivity index (χ2v) is 6.58. The highest BCUT2D eigenvalue weighted by Gasteiger charge is 2.10. The molecule has 0 bridgehead atoms. The quantitative estimate of drug-likeness (QED) is 0.517. The van der Waals surface area contributed by atoms with Gasteiger partial charge in [-0.1, -0.05) is 35.6 Å². The van der Waals surface area contributed by atoms with E-state index in [2.05, 4.69) is 9.72 Å². The zero-order chi connectivity index (χ0) is 18.1. The van der Waals surface area contributed by atoms with E-state index in [0.29, 0.717) is 15.2 Å². The van der Waals surface area contributed by atoms with Crippen LogP contribution in [0.3, 0.4) is 0 Å². The van der Waals surface area contributed by atoms with Crippen molar-refractivity contribution in [2.75, 3.05) is 13.7 Å². The third kappa shape index (κ3) is 2.93. The summed E-state index contributed by atoms with van der Waals surface area (Å²) in [4.78, 5) is 29.0.